The van der Waals surface area contributed by atoms with Crippen LogP contribution in [0.3, 0.4) is 0 Å². The number of ether oxygens (including phenoxy) is 1. The number of nitrogens with zero attached hydrogens (tertiary/aromatic N) is 2. The summed E-state index contributed by atoms with van der Waals surface area (Å²) in [5.41, 5.74) is 4.43. The second kappa shape index (κ2) is 7.18. The van der Waals surface area contributed by atoms with Crippen LogP contribution in [0.1, 0.15) is 35.7 Å². The highest BCUT2D eigenvalue weighted by molar-refractivity contribution is 5.43. The molecule has 0 spiro atoms. The average molecular weight is 285 g/mol. The van der Waals surface area contributed by atoms with Crippen LogP contribution in [-0.4, -0.2) is 16.5 Å². The van der Waals surface area contributed by atoms with E-state index in [2.05, 4.69) is 49.0 Å². The summed E-state index contributed by atoms with van der Waals surface area (Å²) in [6.07, 6.45) is 4.52. The number of nitrogens with one attached hydrogen (secondary N) is 1. The first-order chi connectivity index (χ1) is 10.1. The second-order valence-corrected chi connectivity index (χ2v) is 5.33. The minimum atomic E-state index is 0.541. The SMILES string of the molecule is CCCNCc1cncc(Oc2cc(C)cc(C)c2C)n1. The van der Waals surface area contributed by atoms with E-state index in [1.165, 1.54) is 11.1 Å². The third-order valence-electron chi connectivity index (χ3n) is 3.37. The van der Waals surface area contributed by atoms with Gasteiger partial charge in [-0.05, 0) is 56.5 Å². The molecule has 0 atom stereocenters. The van der Waals surface area contributed by atoms with E-state index in [1.54, 1.807) is 12.4 Å². The summed E-state index contributed by atoms with van der Waals surface area (Å²) in [6, 6.07) is 4.19. The van der Waals surface area contributed by atoms with Crippen molar-refractivity contribution >= 4 is 0 Å². The van der Waals surface area contributed by atoms with Crippen molar-refractivity contribution in [2.24, 2.45) is 0 Å². The molecule has 0 fully saturated rings. The number of aromatic nitrogens is 2. The third-order valence-corrected chi connectivity index (χ3v) is 3.37. The summed E-state index contributed by atoms with van der Waals surface area (Å²) in [5, 5.41) is 3.31. The van der Waals surface area contributed by atoms with Crippen molar-refractivity contribution in [1.29, 1.82) is 0 Å². The second-order valence-electron chi connectivity index (χ2n) is 5.33. The molecular formula is C17H23N3O. The first-order valence-electron chi connectivity index (χ1n) is 7.37. The van der Waals surface area contributed by atoms with Gasteiger partial charge in [0.15, 0.2) is 0 Å². The lowest BCUT2D eigenvalue weighted by Gasteiger charge is -2.12. The molecule has 0 saturated heterocycles. The van der Waals surface area contributed by atoms with Crippen molar-refractivity contribution in [3.8, 4) is 11.6 Å². The van der Waals surface area contributed by atoms with E-state index < -0.39 is 0 Å². The number of hydrogen-bond donors (Lipinski definition) is 1. The maximum Gasteiger partial charge on any atom is 0.238 e. The van der Waals surface area contributed by atoms with Crippen molar-refractivity contribution in [2.75, 3.05) is 6.54 Å². The number of rotatable bonds is 6. The molecule has 2 aromatic rings. The summed E-state index contributed by atoms with van der Waals surface area (Å²) < 4.78 is 5.92. The van der Waals surface area contributed by atoms with Gasteiger partial charge in [0, 0.05) is 12.7 Å². The van der Waals surface area contributed by atoms with E-state index in [4.69, 9.17) is 4.74 Å². The Kier molecular flexibility index (Phi) is 5.28. The maximum absolute atomic E-state index is 5.92. The van der Waals surface area contributed by atoms with Gasteiger partial charge < -0.3 is 10.1 Å². The quantitative estimate of drug-likeness (QED) is 0.822. The summed E-state index contributed by atoms with van der Waals surface area (Å²) in [7, 11) is 0. The van der Waals surface area contributed by atoms with Crippen molar-refractivity contribution in [1.82, 2.24) is 15.3 Å². The van der Waals surface area contributed by atoms with Gasteiger partial charge >= 0.3 is 0 Å². The molecule has 0 aliphatic rings. The molecule has 4 heteroatoms. The van der Waals surface area contributed by atoms with Gasteiger partial charge in [-0.1, -0.05) is 13.0 Å². The zero-order chi connectivity index (χ0) is 15.2. The van der Waals surface area contributed by atoms with Gasteiger partial charge in [-0.3, -0.25) is 4.98 Å². The highest BCUT2D eigenvalue weighted by Gasteiger charge is 2.07. The normalized spacial score (nSPS) is 10.7. The fraction of sp³-hybridized carbons (Fsp3) is 0.412. The zero-order valence-electron chi connectivity index (χ0n) is 13.2. The van der Waals surface area contributed by atoms with Crippen LogP contribution in [0.4, 0.5) is 0 Å². The van der Waals surface area contributed by atoms with Crippen LogP contribution in [-0.2, 0) is 6.54 Å². The predicted octanol–water partition coefficient (Wildman–Crippen LogP) is 3.69. The Hall–Kier alpha value is -1.94. The van der Waals surface area contributed by atoms with Gasteiger partial charge in [0.1, 0.15) is 5.75 Å². The topological polar surface area (TPSA) is 47.0 Å². The fourth-order valence-electron chi connectivity index (χ4n) is 2.13. The molecule has 1 heterocycles. The summed E-state index contributed by atoms with van der Waals surface area (Å²) in [6.45, 7) is 10.0. The van der Waals surface area contributed by atoms with Crippen LogP contribution in [0.5, 0.6) is 11.6 Å². The van der Waals surface area contributed by atoms with Gasteiger partial charge in [0.05, 0.1) is 11.9 Å². The standard InChI is InChI=1S/C17H23N3O/c1-5-6-18-9-15-10-19-11-17(20-15)21-16-8-12(2)7-13(3)14(16)4/h7-8,10-11,18H,5-6,9H2,1-4H3. The van der Waals surface area contributed by atoms with Crippen LogP contribution < -0.4 is 10.1 Å². The summed E-state index contributed by atoms with van der Waals surface area (Å²) in [4.78, 5) is 8.70. The van der Waals surface area contributed by atoms with Crippen LogP contribution in [0.2, 0.25) is 0 Å². The molecule has 0 aliphatic carbocycles. The smallest absolute Gasteiger partial charge is 0.238 e. The lowest BCUT2D eigenvalue weighted by Crippen LogP contribution is -2.15. The highest BCUT2D eigenvalue weighted by Crippen LogP contribution is 2.27. The summed E-state index contributed by atoms with van der Waals surface area (Å²) in [5.74, 6) is 1.39. The Morgan fingerprint density at radius 1 is 1.14 bits per heavy atom. The van der Waals surface area contributed by atoms with Gasteiger partial charge in [-0.25, -0.2) is 4.98 Å². The Balaban J connectivity index is 2.14. The molecule has 0 radical (unpaired) electrons. The van der Waals surface area contributed by atoms with Crippen LogP contribution >= 0.6 is 0 Å². The molecular weight excluding hydrogens is 262 g/mol. The average Bonchev–Trinajstić information content (AvgIpc) is 2.45. The van der Waals surface area contributed by atoms with Crippen LogP contribution in [0.15, 0.2) is 24.5 Å². The monoisotopic (exact) mass is 285 g/mol. The third kappa shape index (κ3) is 4.26. The van der Waals surface area contributed by atoms with Gasteiger partial charge in [-0.2, -0.15) is 0 Å². The lowest BCUT2D eigenvalue weighted by atomic mass is 10.1. The Morgan fingerprint density at radius 2 is 1.95 bits per heavy atom. The fourth-order valence-corrected chi connectivity index (χ4v) is 2.13. The van der Waals surface area contributed by atoms with Gasteiger partial charge in [0.2, 0.25) is 5.88 Å². The van der Waals surface area contributed by atoms with E-state index in [9.17, 15) is 0 Å². The van der Waals surface area contributed by atoms with E-state index in [0.29, 0.717) is 12.4 Å². The number of hydrogen-bond acceptors (Lipinski definition) is 4. The van der Waals surface area contributed by atoms with Crippen molar-refractivity contribution in [3.63, 3.8) is 0 Å². The largest absolute Gasteiger partial charge is 0.437 e. The molecule has 2 rings (SSSR count). The van der Waals surface area contributed by atoms with E-state index in [0.717, 1.165) is 30.0 Å². The Morgan fingerprint density at radius 3 is 2.71 bits per heavy atom. The first-order valence-corrected chi connectivity index (χ1v) is 7.37. The number of aryl methyl sites for hydroxylation is 2. The zero-order valence-corrected chi connectivity index (χ0v) is 13.2. The van der Waals surface area contributed by atoms with Crippen LogP contribution in [0, 0.1) is 20.8 Å². The van der Waals surface area contributed by atoms with Gasteiger partial charge in [-0.15, -0.1) is 0 Å². The first kappa shape index (κ1) is 15.4. The van der Waals surface area contributed by atoms with E-state index in [1.807, 2.05) is 6.07 Å². The lowest BCUT2D eigenvalue weighted by molar-refractivity contribution is 0.452. The maximum atomic E-state index is 5.92. The molecule has 4 nitrogen and oxygen atoms in total. The molecule has 0 unspecified atom stereocenters. The molecule has 0 saturated carbocycles. The molecule has 112 valence electrons. The number of benzene rings is 1. The van der Waals surface area contributed by atoms with Crippen molar-refractivity contribution in [2.45, 2.75) is 40.7 Å². The van der Waals surface area contributed by atoms with Crippen LogP contribution in [0.25, 0.3) is 0 Å². The van der Waals surface area contributed by atoms with Crippen molar-refractivity contribution < 1.29 is 4.74 Å². The molecule has 1 aromatic heterocycles. The molecule has 21 heavy (non-hydrogen) atoms. The van der Waals surface area contributed by atoms with Crippen molar-refractivity contribution in [3.05, 3.63) is 46.9 Å². The van der Waals surface area contributed by atoms with E-state index >= 15 is 0 Å². The molecule has 1 aromatic carbocycles. The highest BCUT2D eigenvalue weighted by atomic mass is 16.5. The minimum absolute atomic E-state index is 0.541. The van der Waals surface area contributed by atoms with E-state index in [-0.39, 0.29) is 0 Å². The molecule has 0 aliphatic heterocycles. The molecule has 0 bridgehead atoms. The molecule has 0 amide bonds. The Bertz CT molecular complexity index is 611. The molecule has 1 N–H and O–H groups in total. The minimum Gasteiger partial charge on any atom is -0.437 e. The summed E-state index contributed by atoms with van der Waals surface area (Å²) >= 11 is 0. The predicted molar refractivity (Wildman–Crippen MR) is 84.8 cm³/mol. The van der Waals surface area contributed by atoms with Gasteiger partial charge in [0.25, 0.3) is 0 Å². The Labute approximate surface area is 126 Å².